The molecule has 0 aliphatic heterocycles. The van der Waals surface area contributed by atoms with Gasteiger partial charge in [-0.3, -0.25) is 19.7 Å². The van der Waals surface area contributed by atoms with Crippen LogP contribution in [0.4, 0.5) is 10.1 Å². The van der Waals surface area contributed by atoms with E-state index in [-0.39, 0.29) is 6.61 Å². The number of ketones is 1. The van der Waals surface area contributed by atoms with Crippen molar-refractivity contribution in [3.05, 3.63) is 37.6 Å². The molecule has 0 saturated heterocycles. The van der Waals surface area contributed by atoms with E-state index in [0.717, 1.165) is 0 Å². The van der Waals surface area contributed by atoms with Crippen LogP contribution in [0.3, 0.4) is 0 Å². The highest BCUT2D eigenvalue weighted by molar-refractivity contribution is 6.40. The monoisotopic (exact) mass is 323 g/mol. The lowest BCUT2D eigenvalue weighted by molar-refractivity contribution is -0.384. The summed E-state index contributed by atoms with van der Waals surface area (Å²) in [6, 6.07) is 0.652. The molecule has 0 unspecified atom stereocenters. The van der Waals surface area contributed by atoms with Gasteiger partial charge in [-0.2, -0.15) is 0 Å². The normalized spacial score (nSPS) is 10.2. The molecule has 9 heteroatoms. The van der Waals surface area contributed by atoms with Crippen LogP contribution in [0, 0.1) is 15.9 Å². The number of nitro benzene ring substituents is 1. The summed E-state index contributed by atoms with van der Waals surface area (Å²) >= 11 is 11.1. The zero-order valence-electron chi connectivity index (χ0n) is 10.1. The van der Waals surface area contributed by atoms with Crippen molar-refractivity contribution >= 4 is 40.6 Å². The first-order valence-electron chi connectivity index (χ1n) is 5.30. The summed E-state index contributed by atoms with van der Waals surface area (Å²) < 4.78 is 18.0. The average Bonchev–Trinajstić information content (AvgIpc) is 2.33. The SMILES string of the molecule is CCOC(=O)CC(=O)c1cc(F)c(Cl)c([N+](=O)[O-])c1Cl. The largest absolute Gasteiger partial charge is 0.466 e. The Balaban J connectivity index is 3.23. The van der Waals surface area contributed by atoms with Crippen molar-refractivity contribution < 1.29 is 23.6 Å². The van der Waals surface area contributed by atoms with E-state index in [4.69, 9.17) is 23.2 Å². The quantitative estimate of drug-likeness (QED) is 0.207. The molecule has 0 spiro atoms. The van der Waals surface area contributed by atoms with Crippen LogP contribution < -0.4 is 0 Å². The molecule has 0 amide bonds. The summed E-state index contributed by atoms with van der Waals surface area (Å²) in [5.41, 5.74) is -1.41. The maximum Gasteiger partial charge on any atom is 0.313 e. The summed E-state index contributed by atoms with van der Waals surface area (Å²) in [4.78, 5) is 32.7. The molecule has 6 nitrogen and oxygen atoms in total. The van der Waals surface area contributed by atoms with Gasteiger partial charge in [-0.1, -0.05) is 23.2 Å². The Kier molecular flexibility index (Phi) is 5.41. The zero-order valence-corrected chi connectivity index (χ0v) is 11.6. The minimum Gasteiger partial charge on any atom is -0.466 e. The lowest BCUT2D eigenvalue weighted by Crippen LogP contribution is -2.12. The third-order valence-electron chi connectivity index (χ3n) is 2.23. The fraction of sp³-hybridized carbons (Fsp3) is 0.273. The number of carbonyl (C=O) groups excluding carboxylic acids is 2. The second-order valence-corrected chi connectivity index (χ2v) is 4.30. The molecule has 0 saturated carbocycles. The Hall–Kier alpha value is -1.73. The zero-order chi connectivity index (χ0) is 15.4. The number of benzene rings is 1. The van der Waals surface area contributed by atoms with Gasteiger partial charge in [0.1, 0.15) is 17.3 Å². The number of rotatable bonds is 5. The number of nitro groups is 1. The van der Waals surface area contributed by atoms with Crippen molar-refractivity contribution in [1.29, 1.82) is 0 Å². The lowest BCUT2D eigenvalue weighted by Gasteiger charge is -2.06. The van der Waals surface area contributed by atoms with Crippen LogP contribution in [0.5, 0.6) is 0 Å². The van der Waals surface area contributed by atoms with E-state index >= 15 is 0 Å². The molecule has 1 rings (SSSR count). The molecule has 0 aliphatic carbocycles. The Morgan fingerprint density at radius 3 is 2.50 bits per heavy atom. The van der Waals surface area contributed by atoms with Crippen molar-refractivity contribution in [1.82, 2.24) is 0 Å². The van der Waals surface area contributed by atoms with Gasteiger partial charge in [-0.15, -0.1) is 0 Å². The van der Waals surface area contributed by atoms with Crippen LogP contribution in [-0.2, 0) is 9.53 Å². The Morgan fingerprint density at radius 2 is 2.00 bits per heavy atom. The van der Waals surface area contributed by atoms with Crippen LogP contribution in [0.25, 0.3) is 0 Å². The molecule has 0 N–H and O–H groups in total. The van der Waals surface area contributed by atoms with Crippen molar-refractivity contribution in [2.45, 2.75) is 13.3 Å². The van der Waals surface area contributed by atoms with Crippen LogP contribution in [0.2, 0.25) is 10.0 Å². The molecule has 0 atom stereocenters. The van der Waals surface area contributed by atoms with Crippen LogP contribution in [0.15, 0.2) is 6.07 Å². The number of halogens is 3. The van der Waals surface area contributed by atoms with Crippen LogP contribution in [-0.4, -0.2) is 23.3 Å². The van der Waals surface area contributed by atoms with Crippen molar-refractivity contribution in [3.63, 3.8) is 0 Å². The van der Waals surface area contributed by atoms with Gasteiger partial charge in [-0.25, -0.2) is 4.39 Å². The maximum atomic E-state index is 13.5. The van der Waals surface area contributed by atoms with Crippen molar-refractivity contribution in [2.75, 3.05) is 6.61 Å². The Labute approximate surface area is 122 Å². The van der Waals surface area contributed by atoms with Gasteiger partial charge in [0, 0.05) is 5.56 Å². The third-order valence-corrected chi connectivity index (χ3v) is 2.97. The molecule has 0 aliphatic rings. The van der Waals surface area contributed by atoms with Gasteiger partial charge in [0.2, 0.25) is 0 Å². The molecule has 1 aromatic rings. The van der Waals surface area contributed by atoms with Crippen LogP contribution >= 0.6 is 23.2 Å². The number of ether oxygens (including phenoxy) is 1. The summed E-state index contributed by atoms with van der Waals surface area (Å²) in [7, 11) is 0. The Bertz CT molecular complexity index is 591. The predicted octanol–water partition coefficient (Wildman–Crippen LogP) is 3.18. The van der Waals surface area contributed by atoms with E-state index in [1.165, 1.54) is 0 Å². The second-order valence-electron chi connectivity index (χ2n) is 3.54. The number of esters is 1. The van der Waals surface area contributed by atoms with Crippen molar-refractivity contribution in [2.24, 2.45) is 0 Å². The molecule has 0 heterocycles. The first kappa shape index (κ1) is 16.3. The van der Waals surface area contributed by atoms with Crippen molar-refractivity contribution in [3.8, 4) is 0 Å². The van der Waals surface area contributed by atoms with E-state index < -0.39 is 50.2 Å². The molecule has 0 radical (unpaired) electrons. The predicted molar refractivity (Wildman–Crippen MR) is 68.7 cm³/mol. The average molecular weight is 324 g/mol. The number of nitrogens with zero attached hydrogens (tertiary/aromatic N) is 1. The molecular weight excluding hydrogens is 316 g/mol. The fourth-order valence-electron chi connectivity index (χ4n) is 1.39. The topological polar surface area (TPSA) is 86.5 Å². The molecule has 0 aromatic heterocycles. The van der Waals surface area contributed by atoms with E-state index in [9.17, 15) is 24.1 Å². The summed E-state index contributed by atoms with van der Waals surface area (Å²) in [6.45, 7) is 1.61. The molecule has 20 heavy (non-hydrogen) atoms. The second kappa shape index (κ2) is 6.62. The number of hydrogen-bond acceptors (Lipinski definition) is 5. The number of carbonyl (C=O) groups is 2. The summed E-state index contributed by atoms with van der Waals surface area (Å²) in [6.07, 6.45) is -0.703. The minimum absolute atomic E-state index is 0.0645. The fourth-order valence-corrected chi connectivity index (χ4v) is 1.98. The van der Waals surface area contributed by atoms with Gasteiger partial charge in [-0.05, 0) is 13.0 Å². The van der Waals surface area contributed by atoms with Crippen LogP contribution in [0.1, 0.15) is 23.7 Å². The number of Topliss-reactive ketones (excluding diaryl/α,β-unsaturated/α-hetero) is 1. The third kappa shape index (κ3) is 3.43. The summed E-state index contributed by atoms with van der Waals surface area (Å²) in [5.74, 6) is -2.91. The Morgan fingerprint density at radius 1 is 1.40 bits per heavy atom. The first-order valence-corrected chi connectivity index (χ1v) is 6.05. The highest BCUT2D eigenvalue weighted by atomic mass is 35.5. The van der Waals surface area contributed by atoms with Gasteiger partial charge < -0.3 is 4.74 Å². The smallest absolute Gasteiger partial charge is 0.313 e. The van der Waals surface area contributed by atoms with Gasteiger partial charge in [0.25, 0.3) is 0 Å². The molecule has 1 aromatic carbocycles. The standard InChI is InChI=1S/C11H8Cl2FNO5/c1-2-20-8(17)4-7(16)5-3-6(14)10(13)11(9(5)12)15(18)19/h3H,2,4H2,1H3. The van der Waals surface area contributed by atoms with Gasteiger partial charge in [0.15, 0.2) is 10.8 Å². The van der Waals surface area contributed by atoms with Gasteiger partial charge in [0.05, 0.1) is 11.5 Å². The van der Waals surface area contributed by atoms with E-state index in [2.05, 4.69) is 4.74 Å². The molecule has 0 fully saturated rings. The van der Waals surface area contributed by atoms with E-state index in [1.807, 2.05) is 0 Å². The first-order chi connectivity index (χ1) is 9.29. The van der Waals surface area contributed by atoms with E-state index in [0.29, 0.717) is 6.07 Å². The van der Waals surface area contributed by atoms with E-state index in [1.54, 1.807) is 6.92 Å². The molecule has 108 valence electrons. The molecular formula is C11H8Cl2FNO5. The molecule has 0 bridgehead atoms. The number of hydrogen-bond donors (Lipinski definition) is 0. The lowest BCUT2D eigenvalue weighted by atomic mass is 10.1. The van der Waals surface area contributed by atoms with Gasteiger partial charge >= 0.3 is 11.7 Å². The summed E-state index contributed by atoms with van der Waals surface area (Å²) in [5, 5.41) is 9.35. The maximum absolute atomic E-state index is 13.5. The highest BCUT2D eigenvalue weighted by Gasteiger charge is 2.28. The highest BCUT2D eigenvalue weighted by Crippen LogP contribution is 2.37. The minimum atomic E-state index is -1.17.